The van der Waals surface area contributed by atoms with E-state index < -0.39 is 0 Å². The van der Waals surface area contributed by atoms with Gasteiger partial charge < -0.3 is 4.90 Å². The van der Waals surface area contributed by atoms with Crippen LogP contribution in [0.1, 0.15) is 12.8 Å². The Balaban J connectivity index is 1.91. The van der Waals surface area contributed by atoms with Gasteiger partial charge in [-0.3, -0.25) is 4.72 Å². The average Bonchev–Trinajstić information content (AvgIpc) is 2.47. The summed E-state index contributed by atoms with van der Waals surface area (Å²) in [5.41, 5.74) is 1.02. The molecule has 3 rings (SSSR count). The van der Waals surface area contributed by atoms with Crippen molar-refractivity contribution in [1.82, 2.24) is 14.7 Å². The van der Waals surface area contributed by atoms with Crippen molar-refractivity contribution < 1.29 is 0 Å². The van der Waals surface area contributed by atoms with Crippen LogP contribution in [0.5, 0.6) is 0 Å². The van der Waals surface area contributed by atoms with E-state index in [-0.39, 0.29) is 0 Å². The predicted molar refractivity (Wildman–Crippen MR) is 81.4 cm³/mol. The zero-order valence-corrected chi connectivity index (χ0v) is 11.9. The highest BCUT2D eigenvalue weighted by Gasteiger charge is 2.21. The lowest BCUT2D eigenvalue weighted by Gasteiger charge is -2.34. The molecule has 0 amide bonds. The molecule has 1 aromatic carbocycles. The molecule has 0 radical (unpaired) electrons. The Labute approximate surface area is 117 Å². The number of nitrogens with one attached hydrogen (secondary N) is 1. The summed E-state index contributed by atoms with van der Waals surface area (Å²) in [7, 11) is 0. The van der Waals surface area contributed by atoms with E-state index in [0.29, 0.717) is 6.04 Å². The van der Waals surface area contributed by atoms with Crippen LogP contribution in [0.2, 0.25) is 0 Å². The van der Waals surface area contributed by atoms with Gasteiger partial charge in [0, 0.05) is 24.5 Å². The van der Waals surface area contributed by atoms with Crippen molar-refractivity contribution in [2.24, 2.45) is 0 Å². The van der Waals surface area contributed by atoms with Crippen LogP contribution in [-0.2, 0) is 0 Å². The van der Waals surface area contributed by atoms with Crippen LogP contribution in [0, 0.1) is 0 Å². The van der Waals surface area contributed by atoms with E-state index >= 15 is 0 Å². The monoisotopic (exact) mass is 274 g/mol. The fourth-order valence-corrected chi connectivity index (χ4v) is 3.20. The zero-order chi connectivity index (χ0) is 13.1. The number of piperidine rings is 1. The van der Waals surface area contributed by atoms with Gasteiger partial charge in [0.1, 0.15) is 12.1 Å². The van der Waals surface area contributed by atoms with E-state index in [4.69, 9.17) is 0 Å². The van der Waals surface area contributed by atoms with Gasteiger partial charge >= 0.3 is 0 Å². The van der Waals surface area contributed by atoms with Gasteiger partial charge in [-0.2, -0.15) is 0 Å². The van der Waals surface area contributed by atoms with E-state index in [1.54, 1.807) is 18.3 Å². The second-order valence-corrected chi connectivity index (χ2v) is 5.47. The minimum atomic E-state index is 0.539. The molecule has 1 unspecified atom stereocenters. The highest BCUT2D eigenvalue weighted by Crippen LogP contribution is 2.25. The van der Waals surface area contributed by atoms with Crippen molar-refractivity contribution >= 4 is 28.7 Å². The average molecular weight is 274 g/mol. The molecule has 1 atom stereocenters. The summed E-state index contributed by atoms with van der Waals surface area (Å²) in [5.74, 6) is 1.07. The van der Waals surface area contributed by atoms with Gasteiger partial charge in [-0.1, -0.05) is 24.1 Å². The Kier molecular flexibility index (Phi) is 3.84. The molecule has 100 valence electrons. The van der Waals surface area contributed by atoms with E-state index in [9.17, 15) is 0 Å². The van der Waals surface area contributed by atoms with Crippen molar-refractivity contribution in [2.45, 2.75) is 18.9 Å². The van der Waals surface area contributed by atoms with Crippen LogP contribution in [-0.4, -0.2) is 35.4 Å². The van der Waals surface area contributed by atoms with Gasteiger partial charge in [0.25, 0.3) is 0 Å². The molecule has 0 saturated carbocycles. The number of para-hydroxylation sites is 1. The largest absolute Gasteiger partial charge is 0.354 e. The van der Waals surface area contributed by atoms with Crippen molar-refractivity contribution in [3.63, 3.8) is 0 Å². The van der Waals surface area contributed by atoms with E-state index in [0.717, 1.165) is 29.8 Å². The molecule has 1 saturated heterocycles. The Morgan fingerprint density at radius 1 is 1.32 bits per heavy atom. The molecule has 4 nitrogen and oxygen atoms in total. The van der Waals surface area contributed by atoms with Crippen LogP contribution in [0.25, 0.3) is 10.9 Å². The molecular weight excluding hydrogens is 256 g/mol. The van der Waals surface area contributed by atoms with Gasteiger partial charge in [-0.15, -0.1) is 0 Å². The fourth-order valence-electron chi connectivity index (χ4n) is 2.67. The van der Waals surface area contributed by atoms with E-state index in [1.807, 2.05) is 12.1 Å². The van der Waals surface area contributed by atoms with Gasteiger partial charge in [0.15, 0.2) is 0 Å². The number of benzene rings is 1. The Hall–Kier alpha value is -1.33. The maximum absolute atomic E-state index is 4.51. The summed E-state index contributed by atoms with van der Waals surface area (Å²) in [6.07, 6.45) is 6.19. The van der Waals surface area contributed by atoms with Crippen LogP contribution >= 0.6 is 11.9 Å². The Morgan fingerprint density at radius 2 is 2.21 bits per heavy atom. The third kappa shape index (κ3) is 2.67. The number of rotatable bonds is 3. The Bertz CT molecular complexity index is 553. The fraction of sp³-hybridized carbons (Fsp3) is 0.429. The zero-order valence-electron chi connectivity index (χ0n) is 11.0. The van der Waals surface area contributed by atoms with Crippen molar-refractivity contribution in [2.75, 3.05) is 24.2 Å². The highest BCUT2D eigenvalue weighted by molar-refractivity contribution is 7.96. The maximum atomic E-state index is 4.51. The molecule has 0 aliphatic carbocycles. The number of hydrogen-bond acceptors (Lipinski definition) is 5. The number of aromatic nitrogens is 2. The molecule has 2 aromatic rings. The Morgan fingerprint density at radius 3 is 3.11 bits per heavy atom. The topological polar surface area (TPSA) is 41.0 Å². The number of hydrogen-bond donors (Lipinski definition) is 1. The lowest BCUT2D eigenvalue weighted by molar-refractivity contribution is 0.483. The summed E-state index contributed by atoms with van der Waals surface area (Å²) in [4.78, 5) is 11.2. The van der Waals surface area contributed by atoms with Crippen LogP contribution in [0.4, 0.5) is 5.82 Å². The maximum Gasteiger partial charge on any atom is 0.139 e. The summed E-state index contributed by atoms with van der Waals surface area (Å²) in [6, 6.07) is 8.76. The third-order valence-electron chi connectivity index (χ3n) is 3.53. The first kappa shape index (κ1) is 12.7. The molecule has 1 aromatic heterocycles. The molecule has 1 N–H and O–H groups in total. The normalized spacial score (nSPS) is 19.8. The van der Waals surface area contributed by atoms with Crippen molar-refractivity contribution in [3.05, 3.63) is 30.6 Å². The van der Waals surface area contributed by atoms with Crippen LogP contribution in [0.3, 0.4) is 0 Å². The van der Waals surface area contributed by atoms with E-state index in [2.05, 4.69) is 38.0 Å². The number of fused-ring (bicyclic) bond motifs is 1. The molecule has 5 heteroatoms. The predicted octanol–water partition coefficient (Wildman–Crippen LogP) is 2.47. The van der Waals surface area contributed by atoms with Gasteiger partial charge in [0.2, 0.25) is 0 Å². The summed E-state index contributed by atoms with van der Waals surface area (Å²) < 4.78 is 3.46. The molecule has 0 spiro atoms. The second-order valence-electron chi connectivity index (χ2n) is 4.82. The van der Waals surface area contributed by atoms with Gasteiger partial charge in [-0.25, -0.2) is 9.97 Å². The highest BCUT2D eigenvalue weighted by atomic mass is 32.2. The molecule has 1 fully saturated rings. The number of anilines is 1. The molecule has 19 heavy (non-hydrogen) atoms. The SMILES string of the molecule is CSNC1CCCN(c2ncnc3ccccc23)C1. The van der Waals surface area contributed by atoms with Crippen molar-refractivity contribution in [3.8, 4) is 0 Å². The number of nitrogens with zero attached hydrogens (tertiary/aromatic N) is 3. The first-order chi connectivity index (χ1) is 9.38. The van der Waals surface area contributed by atoms with Crippen molar-refractivity contribution in [1.29, 1.82) is 0 Å². The second kappa shape index (κ2) is 5.75. The lowest BCUT2D eigenvalue weighted by atomic mass is 10.1. The van der Waals surface area contributed by atoms with Gasteiger partial charge in [0.05, 0.1) is 5.52 Å². The van der Waals surface area contributed by atoms with E-state index in [1.165, 1.54) is 12.8 Å². The van der Waals surface area contributed by atoms with Crippen LogP contribution in [0.15, 0.2) is 30.6 Å². The minimum Gasteiger partial charge on any atom is -0.354 e. The molecule has 0 bridgehead atoms. The molecule has 2 heterocycles. The molecular formula is C14H18N4S. The smallest absolute Gasteiger partial charge is 0.139 e. The molecule has 1 aliphatic rings. The third-order valence-corrected chi connectivity index (χ3v) is 4.10. The quantitative estimate of drug-likeness (QED) is 0.871. The summed E-state index contributed by atoms with van der Waals surface area (Å²) >= 11 is 1.70. The first-order valence-electron chi connectivity index (χ1n) is 6.61. The van der Waals surface area contributed by atoms with Crippen LogP contribution < -0.4 is 9.62 Å². The minimum absolute atomic E-state index is 0.539. The summed E-state index contributed by atoms with van der Waals surface area (Å²) in [5, 5.41) is 1.15. The van der Waals surface area contributed by atoms with Gasteiger partial charge in [-0.05, 0) is 31.2 Å². The standard InChI is InChI=1S/C14H18N4S/c1-19-17-11-5-4-8-18(9-11)14-12-6-2-3-7-13(12)15-10-16-14/h2-3,6-7,10-11,17H,4-5,8-9H2,1H3. The summed E-state index contributed by atoms with van der Waals surface area (Å²) in [6.45, 7) is 2.09. The molecule has 1 aliphatic heterocycles. The lowest BCUT2D eigenvalue weighted by Crippen LogP contribution is -2.44. The first-order valence-corrected chi connectivity index (χ1v) is 7.84.